The van der Waals surface area contributed by atoms with Crippen LogP contribution in [0.15, 0.2) is 12.1 Å². The average Bonchev–Trinajstić information content (AvgIpc) is 2.17. The van der Waals surface area contributed by atoms with Crippen molar-refractivity contribution in [3.8, 4) is 0 Å². The molecule has 0 radical (unpaired) electrons. The standard InChI is InChI=1S/C9H11N3S/c10-8(13)7-4-3-6-2-1-5-11-9(6)12-7/h3-4H,1-2,5H2,(H2,10,13)(H,11,12). The molecule has 0 aromatic carbocycles. The van der Waals surface area contributed by atoms with E-state index in [1.165, 1.54) is 12.0 Å². The van der Waals surface area contributed by atoms with Gasteiger partial charge in [0.2, 0.25) is 0 Å². The number of rotatable bonds is 1. The number of anilines is 1. The first-order chi connectivity index (χ1) is 6.27. The molecule has 0 saturated carbocycles. The van der Waals surface area contributed by atoms with Crippen molar-refractivity contribution in [1.82, 2.24) is 4.98 Å². The molecule has 0 aliphatic carbocycles. The number of thiocarbonyl (C=S) groups is 1. The molecule has 1 aliphatic rings. The van der Waals surface area contributed by atoms with Gasteiger partial charge in [-0.1, -0.05) is 18.3 Å². The summed E-state index contributed by atoms with van der Waals surface area (Å²) in [6, 6.07) is 3.93. The Balaban J connectivity index is 2.40. The summed E-state index contributed by atoms with van der Waals surface area (Å²) in [5, 5.41) is 3.23. The largest absolute Gasteiger partial charge is 0.388 e. The minimum atomic E-state index is 0.357. The molecule has 0 spiro atoms. The van der Waals surface area contributed by atoms with Crippen molar-refractivity contribution in [3.05, 3.63) is 23.4 Å². The smallest absolute Gasteiger partial charge is 0.129 e. The molecule has 0 bridgehead atoms. The van der Waals surface area contributed by atoms with Crippen LogP contribution in [0.25, 0.3) is 0 Å². The minimum absolute atomic E-state index is 0.357. The average molecular weight is 193 g/mol. The molecule has 13 heavy (non-hydrogen) atoms. The summed E-state index contributed by atoms with van der Waals surface area (Å²) < 4.78 is 0. The van der Waals surface area contributed by atoms with E-state index in [9.17, 15) is 0 Å². The zero-order valence-electron chi connectivity index (χ0n) is 7.21. The van der Waals surface area contributed by atoms with Crippen molar-refractivity contribution in [3.63, 3.8) is 0 Å². The van der Waals surface area contributed by atoms with E-state index in [0.717, 1.165) is 18.8 Å². The first kappa shape index (κ1) is 8.44. The molecule has 3 N–H and O–H groups in total. The van der Waals surface area contributed by atoms with Crippen molar-refractivity contribution in [1.29, 1.82) is 0 Å². The number of hydrogen-bond donors (Lipinski definition) is 2. The Morgan fingerprint density at radius 1 is 1.54 bits per heavy atom. The SMILES string of the molecule is NC(=S)c1ccc2c(n1)NCCC2. The first-order valence-electron chi connectivity index (χ1n) is 4.31. The summed E-state index contributed by atoms with van der Waals surface area (Å²) in [5.41, 5.74) is 7.44. The molecule has 3 nitrogen and oxygen atoms in total. The van der Waals surface area contributed by atoms with Gasteiger partial charge in [-0.05, 0) is 24.5 Å². The maximum atomic E-state index is 5.49. The Bertz CT molecular complexity index is 349. The second-order valence-electron chi connectivity index (χ2n) is 3.10. The summed E-state index contributed by atoms with van der Waals surface area (Å²) in [5.74, 6) is 0.941. The molecule has 2 rings (SSSR count). The fraction of sp³-hybridized carbons (Fsp3) is 0.333. The summed E-state index contributed by atoms with van der Waals surface area (Å²) >= 11 is 4.85. The Labute approximate surface area is 82.4 Å². The monoisotopic (exact) mass is 193 g/mol. The van der Waals surface area contributed by atoms with Crippen molar-refractivity contribution in [2.45, 2.75) is 12.8 Å². The maximum absolute atomic E-state index is 5.49. The number of fused-ring (bicyclic) bond motifs is 1. The molecule has 1 aromatic heterocycles. The van der Waals surface area contributed by atoms with Gasteiger partial charge < -0.3 is 11.1 Å². The minimum Gasteiger partial charge on any atom is -0.388 e. The highest BCUT2D eigenvalue weighted by Gasteiger charge is 2.10. The first-order valence-corrected chi connectivity index (χ1v) is 4.72. The normalized spacial score (nSPS) is 14.5. The molecule has 4 heteroatoms. The molecule has 1 aromatic rings. The predicted molar refractivity (Wildman–Crippen MR) is 56.9 cm³/mol. The molecule has 1 aliphatic heterocycles. The zero-order chi connectivity index (χ0) is 9.26. The van der Waals surface area contributed by atoms with Crippen LogP contribution < -0.4 is 11.1 Å². The van der Waals surface area contributed by atoms with E-state index >= 15 is 0 Å². The third kappa shape index (κ3) is 1.62. The number of aromatic nitrogens is 1. The van der Waals surface area contributed by atoms with Crippen LogP contribution in [0.5, 0.6) is 0 Å². The van der Waals surface area contributed by atoms with Gasteiger partial charge in [0.05, 0.1) is 5.69 Å². The van der Waals surface area contributed by atoms with Crippen LogP contribution >= 0.6 is 12.2 Å². The maximum Gasteiger partial charge on any atom is 0.129 e. The van der Waals surface area contributed by atoms with Crippen LogP contribution in [0.2, 0.25) is 0 Å². The van der Waals surface area contributed by atoms with E-state index < -0.39 is 0 Å². The molecule has 0 saturated heterocycles. The van der Waals surface area contributed by atoms with Gasteiger partial charge in [-0.25, -0.2) is 4.98 Å². The van der Waals surface area contributed by atoms with Gasteiger partial charge in [0.1, 0.15) is 10.8 Å². The number of nitrogens with zero attached hydrogens (tertiary/aromatic N) is 1. The predicted octanol–water partition coefficient (Wildman–Crippen LogP) is 1.07. The molecule has 68 valence electrons. The highest BCUT2D eigenvalue weighted by Crippen LogP contribution is 2.19. The summed E-state index contributed by atoms with van der Waals surface area (Å²) in [4.78, 5) is 4.69. The highest BCUT2D eigenvalue weighted by atomic mass is 32.1. The molecule has 0 fully saturated rings. The second kappa shape index (κ2) is 3.30. The van der Waals surface area contributed by atoms with Crippen LogP contribution in [0, 0.1) is 0 Å². The third-order valence-corrected chi connectivity index (χ3v) is 2.36. The Hall–Kier alpha value is -1.16. The van der Waals surface area contributed by atoms with Gasteiger partial charge >= 0.3 is 0 Å². The van der Waals surface area contributed by atoms with E-state index in [4.69, 9.17) is 18.0 Å². The summed E-state index contributed by atoms with van der Waals surface area (Å²) in [6.45, 7) is 0.987. The van der Waals surface area contributed by atoms with Crippen LogP contribution in [-0.4, -0.2) is 16.5 Å². The Morgan fingerprint density at radius 2 is 2.38 bits per heavy atom. The van der Waals surface area contributed by atoms with Crippen LogP contribution in [0.1, 0.15) is 17.7 Å². The zero-order valence-corrected chi connectivity index (χ0v) is 8.03. The van der Waals surface area contributed by atoms with Crippen molar-refractivity contribution in [2.24, 2.45) is 5.73 Å². The van der Waals surface area contributed by atoms with Gasteiger partial charge in [-0.3, -0.25) is 0 Å². The number of aryl methyl sites for hydroxylation is 1. The van der Waals surface area contributed by atoms with Crippen molar-refractivity contribution >= 4 is 23.0 Å². The van der Waals surface area contributed by atoms with E-state index in [0.29, 0.717) is 10.7 Å². The lowest BCUT2D eigenvalue weighted by Gasteiger charge is -2.16. The van der Waals surface area contributed by atoms with Gasteiger partial charge in [0.15, 0.2) is 0 Å². The number of nitrogens with one attached hydrogen (secondary N) is 1. The van der Waals surface area contributed by atoms with E-state index in [-0.39, 0.29) is 0 Å². The van der Waals surface area contributed by atoms with Crippen LogP contribution in [0.3, 0.4) is 0 Å². The highest BCUT2D eigenvalue weighted by molar-refractivity contribution is 7.80. The Kier molecular flexibility index (Phi) is 2.14. The number of pyridine rings is 1. The molecule has 0 amide bonds. The Morgan fingerprint density at radius 3 is 3.15 bits per heavy atom. The molecule has 0 unspecified atom stereocenters. The molecular weight excluding hydrogens is 182 g/mol. The van der Waals surface area contributed by atoms with Gasteiger partial charge in [0, 0.05) is 6.54 Å². The van der Waals surface area contributed by atoms with Gasteiger partial charge in [-0.15, -0.1) is 0 Å². The van der Waals surface area contributed by atoms with Crippen LogP contribution in [0.4, 0.5) is 5.82 Å². The lowest BCUT2D eigenvalue weighted by atomic mass is 10.1. The van der Waals surface area contributed by atoms with Gasteiger partial charge in [-0.2, -0.15) is 0 Å². The van der Waals surface area contributed by atoms with Gasteiger partial charge in [0.25, 0.3) is 0 Å². The number of hydrogen-bond acceptors (Lipinski definition) is 3. The molecule has 0 atom stereocenters. The van der Waals surface area contributed by atoms with Crippen molar-refractivity contribution < 1.29 is 0 Å². The lowest BCUT2D eigenvalue weighted by molar-refractivity contribution is 0.817. The van der Waals surface area contributed by atoms with Crippen LogP contribution in [-0.2, 0) is 6.42 Å². The molecular formula is C9H11N3S. The topological polar surface area (TPSA) is 50.9 Å². The fourth-order valence-corrected chi connectivity index (χ4v) is 1.58. The number of nitrogens with two attached hydrogens (primary N) is 1. The second-order valence-corrected chi connectivity index (χ2v) is 3.54. The van der Waals surface area contributed by atoms with Crippen molar-refractivity contribution in [2.75, 3.05) is 11.9 Å². The third-order valence-electron chi connectivity index (χ3n) is 2.15. The summed E-state index contributed by atoms with van der Waals surface area (Å²) in [7, 11) is 0. The van der Waals surface area contributed by atoms with E-state index in [2.05, 4.69) is 10.3 Å². The quantitative estimate of drug-likeness (QED) is 0.655. The van der Waals surface area contributed by atoms with E-state index in [1.54, 1.807) is 0 Å². The summed E-state index contributed by atoms with van der Waals surface area (Å²) in [6.07, 6.45) is 2.26. The fourth-order valence-electron chi connectivity index (χ4n) is 1.47. The van der Waals surface area contributed by atoms with E-state index in [1.807, 2.05) is 12.1 Å². The lowest BCUT2D eigenvalue weighted by Crippen LogP contribution is -2.17. The molecule has 2 heterocycles.